The molecule has 1 saturated heterocycles. The van der Waals surface area contributed by atoms with Crippen molar-refractivity contribution in [2.75, 3.05) is 18.9 Å². The predicted molar refractivity (Wildman–Crippen MR) is 122 cm³/mol. The summed E-state index contributed by atoms with van der Waals surface area (Å²) in [7, 11) is 0. The van der Waals surface area contributed by atoms with E-state index in [0.29, 0.717) is 37.1 Å². The fourth-order valence-electron chi connectivity index (χ4n) is 4.56. The van der Waals surface area contributed by atoms with Crippen molar-refractivity contribution in [1.29, 1.82) is 0 Å². The van der Waals surface area contributed by atoms with E-state index in [9.17, 15) is 13.6 Å². The lowest BCUT2D eigenvalue weighted by Gasteiger charge is -2.42. The molecule has 2 heterocycles. The maximum atomic E-state index is 13.2. The van der Waals surface area contributed by atoms with Gasteiger partial charge in [0.1, 0.15) is 13.3 Å². The van der Waals surface area contributed by atoms with Gasteiger partial charge in [0.25, 0.3) is 0 Å². The third kappa shape index (κ3) is 4.84. The van der Waals surface area contributed by atoms with E-state index in [0.717, 1.165) is 11.1 Å². The van der Waals surface area contributed by atoms with Crippen LogP contribution >= 0.6 is 0 Å². The average Bonchev–Trinajstić information content (AvgIpc) is 3.20. The van der Waals surface area contributed by atoms with E-state index < -0.39 is 18.9 Å². The lowest BCUT2D eigenvalue weighted by atomic mass is 9.81. The summed E-state index contributed by atoms with van der Waals surface area (Å²) in [6.07, 6.45) is 1.05. The van der Waals surface area contributed by atoms with Crippen molar-refractivity contribution in [2.45, 2.75) is 50.8 Å². The van der Waals surface area contributed by atoms with Crippen molar-refractivity contribution < 1.29 is 13.5 Å². The molecule has 0 unspecified atom stereocenters. The molecule has 9 heteroatoms. The Hall–Kier alpha value is -3.04. The molecule has 1 aromatic heterocycles. The zero-order valence-corrected chi connectivity index (χ0v) is 18.6. The first-order valence-corrected chi connectivity index (χ1v) is 11.0. The number of H-pyrrole nitrogens is 1. The van der Waals surface area contributed by atoms with Gasteiger partial charge in [-0.05, 0) is 42.0 Å². The molecule has 33 heavy (non-hydrogen) atoms. The van der Waals surface area contributed by atoms with Crippen LogP contribution in [0.3, 0.4) is 0 Å². The Bertz CT molecular complexity index is 1100. The van der Waals surface area contributed by atoms with Gasteiger partial charge in [0, 0.05) is 6.54 Å². The van der Waals surface area contributed by atoms with Gasteiger partial charge in [0.05, 0.1) is 24.3 Å². The van der Waals surface area contributed by atoms with Crippen LogP contribution in [0.4, 0.5) is 14.7 Å². The Morgan fingerprint density at radius 1 is 1.21 bits per heavy atom. The molecule has 1 aliphatic rings. The maximum Gasteiger partial charge on any atom is 0.345 e. The molecule has 3 aromatic rings. The number of nitrogen functional groups attached to an aromatic ring is 1. The van der Waals surface area contributed by atoms with Crippen molar-refractivity contribution >= 4 is 5.95 Å². The number of piperidine rings is 1. The Balaban J connectivity index is 1.54. The minimum absolute atomic E-state index is 0.126. The molecule has 3 atom stereocenters. The van der Waals surface area contributed by atoms with Gasteiger partial charge in [0.2, 0.25) is 5.95 Å². The molecule has 0 amide bonds. The van der Waals surface area contributed by atoms with Gasteiger partial charge >= 0.3 is 5.69 Å². The molecule has 7 nitrogen and oxygen atoms in total. The van der Waals surface area contributed by atoms with E-state index in [1.54, 1.807) is 12.1 Å². The molecule has 1 aliphatic heterocycles. The Morgan fingerprint density at radius 3 is 2.45 bits per heavy atom. The molecular formula is C24H29F2N5O2. The third-order valence-electron chi connectivity index (χ3n) is 6.44. The van der Waals surface area contributed by atoms with Crippen LogP contribution in [0.5, 0.6) is 0 Å². The van der Waals surface area contributed by atoms with Gasteiger partial charge in [-0.1, -0.05) is 48.5 Å². The largest absolute Gasteiger partial charge is 0.372 e. The Labute approximate surface area is 191 Å². The molecule has 176 valence electrons. The molecule has 0 aliphatic carbocycles. The predicted octanol–water partition coefficient (Wildman–Crippen LogP) is 3.69. The number of anilines is 1. The van der Waals surface area contributed by atoms with Crippen LogP contribution in [0.2, 0.25) is 0 Å². The number of aromatic amines is 1. The molecule has 2 aromatic carbocycles. The quantitative estimate of drug-likeness (QED) is 0.479. The fraction of sp³-hybridized carbons (Fsp3) is 0.417. The van der Waals surface area contributed by atoms with Crippen LogP contribution in [0.1, 0.15) is 54.2 Å². The number of rotatable bonds is 8. The van der Waals surface area contributed by atoms with E-state index in [1.165, 1.54) is 10.6 Å². The SMILES string of the molecule is C[C@@H](OC[C@@]1(c2ccccc2)CC[C@H](n2c(N)n[nH]c2=O)CN1)c1cc(CF)cc(CF)c1. The molecule has 4 N–H and O–H groups in total. The standard InChI is InChI=1S/C24H29F2N5O2/c1-16(19-10-17(12-25)9-18(11-19)13-26)33-15-24(20-5-3-2-4-6-20)8-7-21(14-28-24)31-22(27)29-30-23(31)32/h2-6,9-11,16,21,28H,7-8,12-15H2,1H3,(H2,27,29)(H,30,32)/t16-,21+,24-/m1/s1. The van der Waals surface area contributed by atoms with E-state index in [-0.39, 0.29) is 23.8 Å². The number of hydrogen-bond acceptors (Lipinski definition) is 5. The van der Waals surface area contributed by atoms with Crippen LogP contribution in [-0.4, -0.2) is 27.9 Å². The Morgan fingerprint density at radius 2 is 1.91 bits per heavy atom. The van der Waals surface area contributed by atoms with Gasteiger partial charge in [-0.3, -0.25) is 4.57 Å². The van der Waals surface area contributed by atoms with E-state index in [4.69, 9.17) is 10.5 Å². The smallest absolute Gasteiger partial charge is 0.345 e. The zero-order valence-electron chi connectivity index (χ0n) is 18.6. The van der Waals surface area contributed by atoms with Crippen molar-refractivity contribution in [3.05, 3.63) is 81.3 Å². The topological polar surface area (TPSA) is 98.0 Å². The highest BCUT2D eigenvalue weighted by atomic mass is 19.1. The summed E-state index contributed by atoms with van der Waals surface area (Å²) in [6, 6.07) is 14.9. The Kier molecular flexibility index (Phi) is 6.90. The lowest BCUT2D eigenvalue weighted by Crippen LogP contribution is -2.53. The normalized spacial score (nSPS) is 21.7. The number of nitrogens with one attached hydrogen (secondary N) is 2. The second-order valence-corrected chi connectivity index (χ2v) is 8.58. The molecule has 0 radical (unpaired) electrons. The molecule has 1 fully saturated rings. The highest BCUT2D eigenvalue weighted by Gasteiger charge is 2.38. The molecular weight excluding hydrogens is 428 g/mol. The van der Waals surface area contributed by atoms with Gasteiger partial charge in [0.15, 0.2) is 0 Å². The number of nitrogens with two attached hydrogens (primary N) is 1. The third-order valence-corrected chi connectivity index (χ3v) is 6.44. The molecule has 4 rings (SSSR count). The zero-order chi connectivity index (χ0) is 23.4. The van der Waals surface area contributed by atoms with Gasteiger partial charge < -0.3 is 15.8 Å². The first-order chi connectivity index (χ1) is 16.0. The lowest BCUT2D eigenvalue weighted by molar-refractivity contribution is 0.00130. The van der Waals surface area contributed by atoms with Crippen LogP contribution in [0.25, 0.3) is 0 Å². The van der Waals surface area contributed by atoms with Gasteiger partial charge in [-0.25, -0.2) is 18.7 Å². The highest BCUT2D eigenvalue weighted by molar-refractivity contribution is 5.31. The number of halogens is 2. The van der Waals surface area contributed by atoms with Crippen LogP contribution < -0.4 is 16.7 Å². The summed E-state index contributed by atoms with van der Waals surface area (Å²) in [6.45, 7) is 1.45. The fourth-order valence-corrected chi connectivity index (χ4v) is 4.56. The average molecular weight is 458 g/mol. The summed E-state index contributed by atoms with van der Waals surface area (Å²) in [5.74, 6) is 0.167. The summed E-state index contributed by atoms with van der Waals surface area (Å²) in [5.41, 5.74) is 7.77. The summed E-state index contributed by atoms with van der Waals surface area (Å²) in [4.78, 5) is 12.1. The number of hydrogen-bond donors (Lipinski definition) is 3. The number of nitrogens with zero attached hydrogens (tertiary/aromatic N) is 2. The minimum Gasteiger partial charge on any atom is -0.372 e. The van der Waals surface area contributed by atoms with Crippen molar-refractivity contribution in [1.82, 2.24) is 20.1 Å². The van der Waals surface area contributed by atoms with E-state index >= 15 is 0 Å². The van der Waals surface area contributed by atoms with E-state index in [2.05, 4.69) is 15.5 Å². The van der Waals surface area contributed by atoms with Crippen LogP contribution in [0.15, 0.2) is 53.3 Å². The maximum absolute atomic E-state index is 13.2. The van der Waals surface area contributed by atoms with E-state index in [1.807, 2.05) is 37.3 Å². The summed E-state index contributed by atoms with van der Waals surface area (Å²) in [5, 5.41) is 9.79. The first kappa shape index (κ1) is 23.1. The van der Waals surface area contributed by atoms with Gasteiger partial charge in [-0.15, -0.1) is 5.10 Å². The molecule has 0 spiro atoms. The molecule has 0 bridgehead atoms. The summed E-state index contributed by atoms with van der Waals surface area (Å²) >= 11 is 0. The van der Waals surface area contributed by atoms with Gasteiger partial charge in [-0.2, -0.15) is 0 Å². The minimum atomic E-state index is -0.652. The van der Waals surface area contributed by atoms with Crippen LogP contribution in [-0.2, 0) is 23.6 Å². The summed E-state index contributed by atoms with van der Waals surface area (Å²) < 4.78 is 34.2. The van der Waals surface area contributed by atoms with Crippen LogP contribution in [0, 0.1) is 0 Å². The first-order valence-electron chi connectivity index (χ1n) is 11.0. The number of benzene rings is 2. The monoisotopic (exact) mass is 457 g/mol. The second kappa shape index (κ2) is 9.84. The second-order valence-electron chi connectivity index (χ2n) is 8.58. The van der Waals surface area contributed by atoms with Crippen molar-refractivity contribution in [3.8, 4) is 0 Å². The van der Waals surface area contributed by atoms with Crippen molar-refractivity contribution in [3.63, 3.8) is 0 Å². The van der Waals surface area contributed by atoms with Crippen molar-refractivity contribution in [2.24, 2.45) is 0 Å². The highest BCUT2D eigenvalue weighted by Crippen LogP contribution is 2.36. The number of aromatic nitrogens is 3. The molecule has 0 saturated carbocycles. The number of ether oxygens (including phenoxy) is 1. The number of alkyl halides is 2.